The van der Waals surface area contributed by atoms with Gasteiger partial charge in [-0.15, -0.1) is 0 Å². The highest BCUT2D eigenvalue weighted by Gasteiger charge is 2.09. The summed E-state index contributed by atoms with van der Waals surface area (Å²) in [4.78, 5) is 11.6. The molecule has 0 radical (unpaired) electrons. The summed E-state index contributed by atoms with van der Waals surface area (Å²) in [6, 6.07) is 3.69. The van der Waals surface area contributed by atoms with Crippen LogP contribution in [0.25, 0.3) is 0 Å². The molecule has 0 spiro atoms. The Morgan fingerprint density at radius 3 is 2.59 bits per heavy atom. The van der Waals surface area contributed by atoms with Crippen molar-refractivity contribution in [1.29, 1.82) is 0 Å². The summed E-state index contributed by atoms with van der Waals surface area (Å²) in [5.74, 6) is 0.764. The molecule has 0 heterocycles. The first kappa shape index (κ1) is 13.5. The summed E-state index contributed by atoms with van der Waals surface area (Å²) >= 11 is 0. The SMILES string of the molecule is COc1cc(C)c(NC(=O)CC(C)N)cc1C. The minimum absolute atomic E-state index is 0.0623. The topological polar surface area (TPSA) is 64.3 Å². The maximum Gasteiger partial charge on any atom is 0.225 e. The van der Waals surface area contributed by atoms with E-state index in [9.17, 15) is 4.79 Å². The van der Waals surface area contributed by atoms with Crippen LogP contribution in [0.5, 0.6) is 5.75 Å². The molecule has 4 nitrogen and oxygen atoms in total. The van der Waals surface area contributed by atoms with Crippen LogP contribution in [0, 0.1) is 13.8 Å². The van der Waals surface area contributed by atoms with Gasteiger partial charge in [0.05, 0.1) is 7.11 Å². The van der Waals surface area contributed by atoms with Crippen molar-refractivity contribution in [1.82, 2.24) is 0 Å². The number of hydrogen-bond donors (Lipinski definition) is 2. The van der Waals surface area contributed by atoms with Crippen LogP contribution in [0.15, 0.2) is 12.1 Å². The zero-order valence-corrected chi connectivity index (χ0v) is 10.8. The monoisotopic (exact) mass is 236 g/mol. The fourth-order valence-corrected chi connectivity index (χ4v) is 1.64. The van der Waals surface area contributed by atoms with Crippen molar-refractivity contribution >= 4 is 11.6 Å². The summed E-state index contributed by atoms with van der Waals surface area (Å²) < 4.78 is 5.22. The van der Waals surface area contributed by atoms with Gasteiger partial charge in [-0.2, -0.15) is 0 Å². The van der Waals surface area contributed by atoms with E-state index >= 15 is 0 Å². The number of methoxy groups -OCH3 is 1. The second-order valence-electron chi connectivity index (χ2n) is 4.37. The standard InChI is InChI=1S/C13H20N2O2/c1-8-6-12(17-4)9(2)5-11(8)15-13(16)7-10(3)14/h5-6,10H,7,14H2,1-4H3,(H,15,16). The Morgan fingerprint density at radius 2 is 2.06 bits per heavy atom. The summed E-state index contributed by atoms with van der Waals surface area (Å²) in [7, 11) is 1.64. The third kappa shape index (κ3) is 3.75. The van der Waals surface area contributed by atoms with Crippen LogP contribution in [0.2, 0.25) is 0 Å². The molecular formula is C13H20N2O2. The number of rotatable bonds is 4. The second-order valence-corrected chi connectivity index (χ2v) is 4.37. The highest BCUT2D eigenvalue weighted by atomic mass is 16.5. The van der Waals surface area contributed by atoms with E-state index in [1.165, 1.54) is 0 Å². The van der Waals surface area contributed by atoms with Gasteiger partial charge in [-0.3, -0.25) is 4.79 Å². The van der Waals surface area contributed by atoms with Crippen molar-refractivity contribution in [2.75, 3.05) is 12.4 Å². The van der Waals surface area contributed by atoms with E-state index in [4.69, 9.17) is 10.5 Å². The van der Waals surface area contributed by atoms with Gasteiger partial charge in [0.2, 0.25) is 5.91 Å². The van der Waals surface area contributed by atoms with E-state index in [1.807, 2.05) is 32.9 Å². The lowest BCUT2D eigenvalue weighted by molar-refractivity contribution is -0.116. The highest BCUT2D eigenvalue weighted by Crippen LogP contribution is 2.25. The van der Waals surface area contributed by atoms with Gasteiger partial charge in [0.1, 0.15) is 5.75 Å². The van der Waals surface area contributed by atoms with E-state index in [0.717, 1.165) is 22.6 Å². The number of nitrogens with one attached hydrogen (secondary N) is 1. The van der Waals surface area contributed by atoms with Crippen LogP contribution >= 0.6 is 0 Å². The Balaban J connectivity index is 2.85. The molecule has 1 amide bonds. The van der Waals surface area contributed by atoms with Gasteiger partial charge in [-0.1, -0.05) is 0 Å². The van der Waals surface area contributed by atoms with Crippen molar-refractivity contribution < 1.29 is 9.53 Å². The number of aryl methyl sites for hydroxylation is 2. The van der Waals surface area contributed by atoms with Gasteiger partial charge in [0, 0.05) is 18.2 Å². The molecular weight excluding hydrogens is 216 g/mol. The molecule has 0 aromatic heterocycles. The van der Waals surface area contributed by atoms with Crippen LogP contribution < -0.4 is 15.8 Å². The third-order valence-corrected chi connectivity index (χ3v) is 2.52. The Kier molecular flexibility index (Phi) is 4.52. The van der Waals surface area contributed by atoms with Crippen molar-refractivity contribution in [2.45, 2.75) is 33.2 Å². The molecule has 17 heavy (non-hydrogen) atoms. The smallest absolute Gasteiger partial charge is 0.225 e. The van der Waals surface area contributed by atoms with E-state index < -0.39 is 0 Å². The Bertz CT molecular complexity index is 414. The van der Waals surface area contributed by atoms with Gasteiger partial charge in [0.25, 0.3) is 0 Å². The lowest BCUT2D eigenvalue weighted by atomic mass is 10.1. The van der Waals surface area contributed by atoms with Crippen LogP contribution in [0.1, 0.15) is 24.5 Å². The number of nitrogens with two attached hydrogens (primary N) is 1. The lowest BCUT2D eigenvalue weighted by Gasteiger charge is -2.13. The number of ether oxygens (including phenoxy) is 1. The average molecular weight is 236 g/mol. The zero-order chi connectivity index (χ0) is 13.0. The molecule has 0 saturated heterocycles. The van der Waals surface area contributed by atoms with Crippen molar-refractivity contribution in [3.63, 3.8) is 0 Å². The van der Waals surface area contributed by atoms with E-state index in [0.29, 0.717) is 6.42 Å². The number of amides is 1. The molecule has 0 aliphatic heterocycles. The molecule has 0 aliphatic rings. The minimum Gasteiger partial charge on any atom is -0.496 e. The quantitative estimate of drug-likeness (QED) is 0.840. The molecule has 0 fully saturated rings. The average Bonchev–Trinajstić information content (AvgIpc) is 2.21. The maximum atomic E-state index is 11.6. The highest BCUT2D eigenvalue weighted by molar-refractivity contribution is 5.92. The molecule has 0 bridgehead atoms. The van der Waals surface area contributed by atoms with E-state index in [1.54, 1.807) is 7.11 Å². The summed E-state index contributed by atoms with van der Waals surface area (Å²) in [6.07, 6.45) is 0.324. The summed E-state index contributed by atoms with van der Waals surface area (Å²) in [6.45, 7) is 5.69. The maximum absolute atomic E-state index is 11.6. The molecule has 1 aromatic rings. The number of carbonyl (C=O) groups is 1. The van der Waals surface area contributed by atoms with Crippen LogP contribution in [0.3, 0.4) is 0 Å². The zero-order valence-electron chi connectivity index (χ0n) is 10.8. The Labute approximate surface area is 102 Å². The molecule has 4 heteroatoms. The van der Waals surface area contributed by atoms with Gasteiger partial charge in [0.15, 0.2) is 0 Å². The molecule has 3 N–H and O–H groups in total. The second kappa shape index (κ2) is 5.68. The lowest BCUT2D eigenvalue weighted by Crippen LogP contribution is -2.24. The summed E-state index contributed by atoms with van der Waals surface area (Å²) in [5, 5.41) is 2.86. The first-order valence-corrected chi connectivity index (χ1v) is 5.64. The van der Waals surface area contributed by atoms with Crippen LogP contribution in [0.4, 0.5) is 5.69 Å². The molecule has 0 aliphatic carbocycles. The molecule has 1 rings (SSSR count). The van der Waals surface area contributed by atoms with Crippen molar-refractivity contribution in [3.8, 4) is 5.75 Å². The fourth-order valence-electron chi connectivity index (χ4n) is 1.64. The normalized spacial score (nSPS) is 12.1. The Morgan fingerprint density at radius 1 is 1.41 bits per heavy atom. The molecule has 94 valence electrons. The molecule has 1 aromatic carbocycles. The number of benzene rings is 1. The van der Waals surface area contributed by atoms with Crippen molar-refractivity contribution in [2.24, 2.45) is 5.73 Å². The Hall–Kier alpha value is -1.55. The first-order chi connectivity index (χ1) is 7.93. The predicted octanol–water partition coefficient (Wildman–Crippen LogP) is 1.99. The minimum atomic E-state index is -0.130. The predicted molar refractivity (Wildman–Crippen MR) is 69.4 cm³/mol. The van der Waals surface area contributed by atoms with Gasteiger partial charge in [-0.05, 0) is 44.0 Å². The van der Waals surface area contributed by atoms with E-state index in [2.05, 4.69) is 5.32 Å². The van der Waals surface area contributed by atoms with Gasteiger partial charge < -0.3 is 15.8 Å². The number of carbonyl (C=O) groups excluding carboxylic acids is 1. The fraction of sp³-hybridized carbons (Fsp3) is 0.462. The van der Waals surface area contributed by atoms with Crippen LogP contribution in [-0.4, -0.2) is 19.1 Å². The first-order valence-electron chi connectivity index (χ1n) is 5.64. The molecule has 1 atom stereocenters. The van der Waals surface area contributed by atoms with E-state index in [-0.39, 0.29) is 11.9 Å². The van der Waals surface area contributed by atoms with Gasteiger partial charge in [-0.25, -0.2) is 0 Å². The van der Waals surface area contributed by atoms with Gasteiger partial charge >= 0.3 is 0 Å². The van der Waals surface area contributed by atoms with Crippen LogP contribution in [-0.2, 0) is 4.79 Å². The number of anilines is 1. The summed E-state index contributed by atoms with van der Waals surface area (Å²) in [5.41, 5.74) is 8.37. The largest absolute Gasteiger partial charge is 0.496 e. The third-order valence-electron chi connectivity index (χ3n) is 2.52. The van der Waals surface area contributed by atoms with Crippen molar-refractivity contribution in [3.05, 3.63) is 23.3 Å². The molecule has 0 saturated carbocycles. The molecule has 1 unspecified atom stereocenters. The number of hydrogen-bond acceptors (Lipinski definition) is 3.